The van der Waals surface area contributed by atoms with Gasteiger partial charge in [-0.1, -0.05) is 0 Å². The zero-order valence-electron chi connectivity index (χ0n) is 11.7. The molecule has 1 aliphatic carbocycles. The predicted molar refractivity (Wildman–Crippen MR) is 74.8 cm³/mol. The van der Waals surface area contributed by atoms with Crippen LogP contribution in [0.15, 0.2) is 17.2 Å². The van der Waals surface area contributed by atoms with Gasteiger partial charge < -0.3 is 15.0 Å². The van der Waals surface area contributed by atoms with Crippen LogP contribution in [0.4, 0.5) is 0 Å². The van der Waals surface area contributed by atoms with Crippen molar-refractivity contribution in [3.63, 3.8) is 0 Å². The average molecular weight is 299 g/mol. The van der Waals surface area contributed by atoms with Crippen molar-refractivity contribution in [2.24, 2.45) is 5.73 Å². The van der Waals surface area contributed by atoms with Crippen LogP contribution in [0, 0.1) is 0 Å². The molecule has 1 saturated carbocycles. The molecule has 2 N–H and O–H groups in total. The average Bonchev–Trinajstić information content (AvgIpc) is 2.97. The Bertz CT molecular complexity index is 586. The molecule has 1 saturated heterocycles. The Hall–Kier alpha value is -0.890. The van der Waals surface area contributed by atoms with Gasteiger partial charge in [0.1, 0.15) is 4.90 Å². The second-order valence-electron chi connectivity index (χ2n) is 5.55. The van der Waals surface area contributed by atoms with Gasteiger partial charge in [0.2, 0.25) is 10.0 Å². The van der Waals surface area contributed by atoms with Crippen molar-refractivity contribution in [3.05, 3.63) is 18.0 Å². The zero-order chi connectivity index (χ0) is 14.3. The number of rotatable bonds is 5. The molecule has 6 nitrogen and oxygen atoms in total. The topological polar surface area (TPSA) is 77.6 Å². The molecule has 2 heterocycles. The lowest BCUT2D eigenvalue weighted by Crippen LogP contribution is -2.37. The van der Waals surface area contributed by atoms with Crippen molar-refractivity contribution < 1.29 is 13.2 Å². The van der Waals surface area contributed by atoms with E-state index in [1.54, 1.807) is 19.3 Å². The predicted octanol–water partition coefficient (Wildman–Crippen LogP) is 0.691. The van der Waals surface area contributed by atoms with Crippen LogP contribution in [0.1, 0.15) is 31.0 Å². The molecule has 3 rings (SSSR count). The van der Waals surface area contributed by atoms with Crippen molar-refractivity contribution in [3.8, 4) is 0 Å². The first-order chi connectivity index (χ1) is 9.54. The first kappa shape index (κ1) is 14.1. The molecule has 0 spiro atoms. The minimum absolute atomic E-state index is 0.0643. The van der Waals surface area contributed by atoms with E-state index < -0.39 is 10.0 Å². The maximum absolute atomic E-state index is 12.7. The third-order valence-electron chi connectivity index (χ3n) is 4.15. The Balaban J connectivity index is 1.90. The Morgan fingerprint density at radius 3 is 2.75 bits per heavy atom. The van der Waals surface area contributed by atoms with Crippen molar-refractivity contribution in [1.29, 1.82) is 0 Å². The first-order valence-corrected chi connectivity index (χ1v) is 8.44. The molecule has 1 aromatic rings. The molecule has 1 aromatic heterocycles. The normalized spacial score (nSPS) is 23.6. The highest BCUT2D eigenvalue weighted by Gasteiger charge is 2.33. The number of aromatic nitrogens is 1. The number of ether oxygens (including phenoxy) is 1. The number of likely N-dealkylation sites (N-methyl/N-ethyl adjacent to an activating group) is 1. The van der Waals surface area contributed by atoms with Gasteiger partial charge in [-0.25, -0.2) is 8.42 Å². The molecule has 1 aliphatic heterocycles. The summed E-state index contributed by atoms with van der Waals surface area (Å²) in [6.07, 6.45) is 4.70. The maximum atomic E-state index is 12.7. The highest BCUT2D eigenvalue weighted by molar-refractivity contribution is 7.89. The fraction of sp³-hybridized carbons (Fsp3) is 0.692. The molecule has 2 fully saturated rings. The summed E-state index contributed by atoms with van der Waals surface area (Å²) in [4.78, 5) is 0.347. The van der Waals surface area contributed by atoms with E-state index in [0.29, 0.717) is 30.7 Å². The van der Waals surface area contributed by atoms with Crippen LogP contribution in [-0.2, 0) is 21.3 Å². The highest BCUT2D eigenvalue weighted by Crippen LogP contribution is 2.37. The smallest absolute Gasteiger partial charge is 0.244 e. The Kier molecular flexibility index (Phi) is 3.62. The van der Waals surface area contributed by atoms with Crippen LogP contribution in [0.3, 0.4) is 0 Å². The molecule has 112 valence electrons. The SMILES string of the molecule is CN(C1CCOC1)S(=O)(=O)c1cc(CN)n(C2CC2)c1. The molecule has 7 heteroatoms. The molecule has 0 amide bonds. The fourth-order valence-electron chi connectivity index (χ4n) is 2.67. The van der Waals surface area contributed by atoms with E-state index in [2.05, 4.69) is 0 Å². The molecule has 20 heavy (non-hydrogen) atoms. The van der Waals surface area contributed by atoms with E-state index in [9.17, 15) is 8.42 Å². The van der Waals surface area contributed by atoms with E-state index in [1.165, 1.54) is 4.31 Å². The van der Waals surface area contributed by atoms with Gasteiger partial charge in [0.15, 0.2) is 0 Å². The summed E-state index contributed by atoms with van der Waals surface area (Å²) in [5.41, 5.74) is 6.61. The van der Waals surface area contributed by atoms with Crippen LogP contribution < -0.4 is 5.73 Å². The van der Waals surface area contributed by atoms with Crippen molar-refractivity contribution in [1.82, 2.24) is 8.87 Å². The number of sulfonamides is 1. The number of nitrogens with two attached hydrogens (primary N) is 1. The standard InChI is InChI=1S/C13H21N3O3S/c1-15(11-4-5-19-9-11)20(17,18)13-6-12(7-14)16(8-13)10-2-3-10/h6,8,10-11H,2-5,7,9,14H2,1H3. The third kappa shape index (κ3) is 2.39. The van der Waals surface area contributed by atoms with Gasteiger partial charge in [0.05, 0.1) is 12.6 Å². The van der Waals surface area contributed by atoms with Crippen molar-refractivity contribution in [2.75, 3.05) is 20.3 Å². The zero-order valence-corrected chi connectivity index (χ0v) is 12.5. The minimum Gasteiger partial charge on any atom is -0.380 e. The Morgan fingerprint density at radius 2 is 2.20 bits per heavy atom. The first-order valence-electron chi connectivity index (χ1n) is 7.00. The van der Waals surface area contributed by atoms with Crippen LogP contribution in [0.25, 0.3) is 0 Å². The highest BCUT2D eigenvalue weighted by atomic mass is 32.2. The summed E-state index contributed by atoms with van der Waals surface area (Å²) in [6, 6.07) is 2.07. The van der Waals surface area contributed by atoms with Gasteiger partial charge in [-0.3, -0.25) is 0 Å². The second kappa shape index (κ2) is 5.14. The summed E-state index contributed by atoms with van der Waals surface area (Å²) < 4.78 is 34.1. The second-order valence-corrected chi connectivity index (χ2v) is 7.55. The van der Waals surface area contributed by atoms with Crippen LogP contribution in [0.2, 0.25) is 0 Å². The lowest BCUT2D eigenvalue weighted by atomic mass is 10.3. The molecule has 0 aromatic carbocycles. The van der Waals surface area contributed by atoms with E-state index >= 15 is 0 Å². The van der Waals surface area contributed by atoms with Crippen LogP contribution >= 0.6 is 0 Å². The number of hydrogen-bond donors (Lipinski definition) is 1. The summed E-state index contributed by atoms with van der Waals surface area (Å²) in [5.74, 6) is 0. The summed E-state index contributed by atoms with van der Waals surface area (Å²) in [6.45, 7) is 1.47. The lowest BCUT2D eigenvalue weighted by Gasteiger charge is -2.21. The molecule has 0 radical (unpaired) electrons. The quantitative estimate of drug-likeness (QED) is 0.868. The van der Waals surface area contributed by atoms with Gasteiger partial charge in [0, 0.05) is 38.1 Å². The Labute approximate surface area is 119 Å². The summed E-state index contributed by atoms with van der Waals surface area (Å²) in [5, 5.41) is 0. The van der Waals surface area contributed by atoms with E-state index in [1.807, 2.05) is 4.57 Å². The fourth-order valence-corrected chi connectivity index (χ4v) is 4.09. The van der Waals surface area contributed by atoms with E-state index in [0.717, 1.165) is 25.0 Å². The van der Waals surface area contributed by atoms with Crippen LogP contribution in [-0.4, -0.2) is 43.6 Å². The lowest BCUT2D eigenvalue weighted by molar-refractivity contribution is 0.181. The van der Waals surface area contributed by atoms with E-state index in [-0.39, 0.29) is 6.04 Å². The van der Waals surface area contributed by atoms with Gasteiger partial charge in [-0.15, -0.1) is 0 Å². The summed E-state index contributed by atoms with van der Waals surface area (Å²) >= 11 is 0. The van der Waals surface area contributed by atoms with Gasteiger partial charge >= 0.3 is 0 Å². The van der Waals surface area contributed by atoms with Gasteiger partial charge in [0.25, 0.3) is 0 Å². The minimum atomic E-state index is -3.46. The maximum Gasteiger partial charge on any atom is 0.244 e. The van der Waals surface area contributed by atoms with Crippen LogP contribution in [0.5, 0.6) is 0 Å². The third-order valence-corrected chi connectivity index (χ3v) is 6.03. The molecule has 2 aliphatic rings. The molecular weight excluding hydrogens is 278 g/mol. The van der Waals surface area contributed by atoms with Gasteiger partial charge in [-0.2, -0.15) is 4.31 Å². The Morgan fingerprint density at radius 1 is 1.45 bits per heavy atom. The molecule has 1 atom stereocenters. The molecule has 0 bridgehead atoms. The molecular formula is C13H21N3O3S. The van der Waals surface area contributed by atoms with Crippen molar-refractivity contribution >= 4 is 10.0 Å². The summed E-state index contributed by atoms with van der Waals surface area (Å²) in [7, 11) is -1.83. The number of hydrogen-bond acceptors (Lipinski definition) is 4. The number of nitrogens with zero attached hydrogens (tertiary/aromatic N) is 2. The van der Waals surface area contributed by atoms with Crippen molar-refractivity contribution in [2.45, 2.75) is 42.8 Å². The van der Waals surface area contributed by atoms with E-state index in [4.69, 9.17) is 10.5 Å². The largest absolute Gasteiger partial charge is 0.380 e. The monoisotopic (exact) mass is 299 g/mol. The molecule has 1 unspecified atom stereocenters. The van der Waals surface area contributed by atoms with Gasteiger partial charge in [-0.05, 0) is 25.3 Å².